The summed E-state index contributed by atoms with van der Waals surface area (Å²) in [5.74, 6) is 7.21. The Morgan fingerprint density at radius 2 is 0.348 bits per heavy atom. The van der Waals surface area contributed by atoms with Crippen LogP contribution < -0.4 is 28.4 Å². The van der Waals surface area contributed by atoms with Crippen LogP contribution in [0.2, 0.25) is 0 Å². The molecule has 0 saturated carbocycles. The molecule has 6 aromatic heterocycles. The lowest BCUT2D eigenvalue weighted by Crippen LogP contribution is -1.87. The Balaban J connectivity index is 0.000000208. The Bertz CT molecular complexity index is 5880. The van der Waals surface area contributed by atoms with Gasteiger partial charge in [0.2, 0.25) is 0 Å². The van der Waals surface area contributed by atoms with Gasteiger partial charge in [-0.2, -0.15) is 119 Å². The van der Waals surface area contributed by atoms with Gasteiger partial charge in [0.1, 0.15) is 71.7 Å². The van der Waals surface area contributed by atoms with Crippen LogP contribution in [-0.4, -0.2) is 129 Å². The molecule has 0 bridgehead atoms. The number of nitrogens with zero attached hydrogens (tertiary/aromatic N) is 12. The first-order valence-electron chi connectivity index (χ1n) is 38.6. The molecule has 6 heterocycles. The maximum atomic E-state index is 8.12. The van der Waals surface area contributed by atoms with Crippen LogP contribution in [0.1, 0.15) is 33.4 Å². The molecule has 0 amide bonds. The minimum absolute atomic E-state index is 0.250. The summed E-state index contributed by atoms with van der Waals surface area (Å²) < 4.78 is 33.2. The molecule has 0 aliphatic rings. The lowest BCUT2D eigenvalue weighted by molar-refractivity contribution is -0.193. The molecule has 0 fully saturated rings. The second kappa shape index (κ2) is 57.1. The fourth-order valence-corrected chi connectivity index (χ4v) is 11.2. The number of benzene rings is 12. The van der Waals surface area contributed by atoms with E-state index in [0.29, 0.717) is 35.3 Å². The molecule has 6 N–H and O–H groups in total. The molecule has 0 radical (unpaired) electrons. The van der Waals surface area contributed by atoms with Crippen molar-refractivity contribution in [3.63, 3.8) is 0 Å². The van der Waals surface area contributed by atoms with Gasteiger partial charge in [0.15, 0.2) is 0 Å². The van der Waals surface area contributed by atoms with E-state index in [-0.39, 0.29) is 36.9 Å². The zero-order valence-corrected chi connectivity index (χ0v) is 70.9. The molecule has 0 saturated heterocycles. The van der Waals surface area contributed by atoms with Crippen molar-refractivity contribution in [2.24, 2.45) is 0 Å². The topological polar surface area (TPSA) is 510 Å². The lowest BCUT2D eigenvalue weighted by Gasteiger charge is -2.08. The highest BCUT2D eigenvalue weighted by molar-refractivity contribution is 5.70. The molecule has 660 valence electrons. The number of aromatic nitrogens is 18. The molecule has 12 aromatic carbocycles. The molecule has 0 aliphatic carbocycles. The number of aromatic amines is 6. The SMILES string of the molecule is Cc1ccc(-c2ccc(Oc3cn[nH]n3)cc2)c(C)c1.Cc1ccc(-c2ccc(Oc3cn[nH]n3)cc2)cc1.Cc1ccc(-c2ccc(Oc3cn[nH]n3)cc2)cc1.Cc1ccc(-c2ccc(Oc3cn[nH]n3)cc2)cc1.Cc1ccc(-c2ccc(Oc3cn[nH]n3)cc2)cc1.O=C=O.O=C=O.O=C=O.O=C=O.O=C=O.O=C=O.c1ccc(-c2ccc(Oc3cn[nH]n3)cc2)cc1. The van der Waals surface area contributed by atoms with E-state index in [2.05, 4.69) is 261 Å². The predicted octanol–water partition coefficient (Wildman–Crippen LogP) is 17.9. The first-order chi connectivity index (χ1) is 64.4. The van der Waals surface area contributed by atoms with Gasteiger partial charge in [0.25, 0.3) is 35.3 Å². The molecule has 132 heavy (non-hydrogen) atoms. The van der Waals surface area contributed by atoms with Crippen LogP contribution >= 0.6 is 0 Å². The van der Waals surface area contributed by atoms with Crippen LogP contribution in [-0.2, 0) is 57.5 Å². The third-order valence-electron chi connectivity index (χ3n) is 17.2. The summed E-state index contributed by atoms with van der Waals surface area (Å²) >= 11 is 0. The van der Waals surface area contributed by atoms with Crippen LogP contribution in [0.15, 0.2) is 328 Å². The molecule has 0 aliphatic heterocycles. The Hall–Kier alpha value is -19.4. The van der Waals surface area contributed by atoms with E-state index in [1.807, 2.05) is 164 Å². The number of hydrogen-bond acceptors (Lipinski definition) is 30. The minimum atomic E-state index is 0.250. The molecule has 0 unspecified atom stereocenters. The van der Waals surface area contributed by atoms with Gasteiger partial charge >= 0.3 is 36.9 Å². The number of H-pyrrole nitrogens is 6. The standard InChI is InChI=1S/C16H15N3O.4C15H13N3O.C14H11N3O.6CO2/c1-11-3-8-15(12(2)9-11)13-4-6-14(7-5-13)20-16-10-17-19-18-16;4*1-11-2-4-12(5-3-11)13-6-8-14(9-7-13)19-15-10-16-18-17-15;1-2-4-11(5-3-1)12-6-8-13(9-7-12)18-14-10-15-17-16-14;6*2-1-3/h3-10H,1-2H3,(H,17,18,19);4*2-10H,1H3,(H,16,17,18);1-10H,(H,15,16,17);;;;;;. The highest BCUT2D eigenvalue weighted by atomic mass is 16.5. The Labute approximate surface area is 751 Å². The van der Waals surface area contributed by atoms with Crippen molar-refractivity contribution < 1.29 is 86.0 Å². The number of ether oxygens (including phenoxy) is 6. The second-order valence-electron chi connectivity index (χ2n) is 26.3. The van der Waals surface area contributed by atoms with E-state index in [1.165, 1.54) is 110 Å². The van der Waals surface area contributed by atoms with Crippen LogP contribution in [0.4, 0.5) is 0 Å². The molecule has 0 atom stereocenters. The average molecular weight is 1770 g/mol. The van der Waals surface area contributed by atoms with Crippen molar-refractivity contribution in [2.45, 2.75) is 41.5 Å². The normalized spacial score (nSPS) is 9.32. The lowest BCUT2D eigenvalue weighted by atomic mass is 9.99. The van der Waals surface area contributed by atoms with Crippen LogP contribution in [0, 0.1) is 41.5 Å². The maximum absolute atomic E-state index is 8.12. The summed E-state index contributed by atoms with van der Waals surface area (Å²) in [5.41, 5.74) is 21.8. The monoisotopic (exact) mass is 1770 g/mol. The largest absolute Gasteiger partial charge is 0.436 e. The first kappa shape index (κ1) is 99.7. The smallest absolute Gasteiger partial charge is 0.373 e. The van der Waals surface area contributed by atoms with Gasteiger partial charge in [-0.15, -0.1) is 30.6 Å². The summed E-state index contributed by atoms with van der Waals surface area (Å²) in [4.78, 5) is 97.5. The quantitative estimate of drug-likeness (QED) is 0.0464. The fourth-order valence-electron chi connectivity index (χ4n) is 11.2. The van der Waals surface area contributed by atoms with E-state index in [4.69, 9.17) is 86.0 Å². The van der Waals surface area contributed by atoms with Gasteiger partial charge in [-0.05, 0) is 187 Å². The summed E-state index contributed by atoms with van der Waals surface area (Å²) in [5, 5.41) is 60.3. The molecule has 0 spiro atoms. The number of nitrogens with one attached hydrogen (secondary N) is 6. The van der Waals surface area contributed by atoms with E-state index < -0.39 is 0 Å². The van der Waals surface area contributed by atoms with Crippen molar-refractivity contribution in [1.82, 2.24) is 92.5 Å². The van der Waals surface area contributed by atoms with E-state index in [9.17, 15) is 0 Å². The van der Waals surface area contributed by atoms with Crippen LogP contribution in [0.3, 0.4) is 0 Å². The zero-order valence-electron chi connectivity index (χ0n) is 70.9. The summed E-state index contributed by atoms with van der Waals surface area (Å²) in [6, 6.07) is 97.9. The average Bonchev–Trinajstić information content (AvgIpc) is 0.901. The highest BCUT2D eigenvalue weighted by Gasteiger charge is 2.10. The number of carbonyl (C=O) groups excluding carboxylic acids is 12. The zero-order chi connectivity index (χ0) is 94.7. The van der Waals surface area contributed by atoms with Gasteiger partial charge < -0.3 is 28.4 Å². The predicted molar refractivity (Wildman–Crippen MR) is 468 cm³/mol. The van der Waals surface area contributed by atoms with Gasteiger partial charge in [0, 0.05) is 0 Å². The Morgan fingerprint density at radius 3 is 0.515 bits per heavy atom. The van der Waals surface area contributed by atoms with Crippen molar-refractivity contribution in [2.75, 3.05) is 0 Å². The molecule has 36 nitrogen and oxygen atoms in total. The number of aryl methyl sites for hydroxylation is 6. The van der Waals surface area contributed by atoms with Crippen LogP contribution in [0.25, 0.3) is 66.8 Å². The Morgan fingerprint density at radius 1 is 0.189 bits per heavy atom. The third kappa shape index (κ3) is 36.2. The van der Waals surface area contributed by atoms with Gasteiger partial charge in [-0.3, -0.25) is 0 Å². The van der Waals surface area contributed by atoms with Crippen molar-refractivity contribution in [3.8, 4) is 137 Å². The summed E-state index contributed by atoms with van der Waals surface area (Å²) in [7, 11) is 0. The van der Waals surface area contributed by atoms with Gasteiger partial charge in [-0.25, -0.2) is 0 Å². The summed E-state index contributed by atoms with van der Waals surface area (Å²) in [6.45, 7) is 12.6. The second-order valence-corrected chi connectivity index (χ2v) is 26.3. The van der Waals surface area contributed by atoms with E-state index >= 15 is 0 Å². The summed E-state index contributed by atoms with van der Waals surface area (Å²) in [6.07, 6.45) is 10.7. The van der Waals surface area contributed by atoms with Gasteiger partial charge in [0.05, 0.1) is 0 Å². The van der Waals surface area contributed by atoms with E-state index in [0.717, 1.165) is 62.3 Å². The number of rotatable bonds is 18. The Kier molecular flexibility index (Phi) is 43.1. The molecule has 18 aromatic rings. The third-order valence-corrected chi connectivity index (χ3v) is 17.2. The van der Waals surface area contributed by atoms with Gasteiger partial charge in [-0.1, -0.05) is 246 Å². The molecule has 36 heteroatoms. The fraction of sp³-hybridized carbons (Fsp3) is 0.0625. The maximum Gasteiger partial charge on any atom is 0.373 e. The minimum Gasteiger partial charge on any atom is -0.436 e. The molecular weight excluding hydrogens is 1690 g/mol. The highest BCUT2D eigenvalue weighted by Crippen LogP contribution is 2.33. The van der Waals surface area contributed by atoms with Crippen molar-refractivity contribution in [1.29, 1.82) is 0 Å². The van der Waals surface area contributed by atoms with E-state index in [1.54, 1.807) is 0 Å². The molecular formula is C96H78N18O18. The van der Waals surface area contributed by atoms with Crippen molar-refractivity contribution in [3.05, 3.63) is 362 Å². The molecule has 18 rings (SSSR count). The first-order valence-corrected chi connectivity index (χ1v) is 38.6. The van der Waals surface area contributed by atoms with Crippen LogP contribution in [0.5, 0.6) is 69.8 Å². The van der Waals surface area contributed by atoms with Crippen molar-refractivity contribution >= 4 is 36.9 Å². The number of hydrogen-bond donors (Lipinski definition) is 6.